The Balaban J connectivity index is 1.90. The maximum absolute atomic E-state index is 13.0. The Morgan fingerprint density at radius 2 is 1.93 bits per heavy atom. The van der Waals surface area contributed by atoms with E-state index in [1.807, 2.05) is 53.4 Å². The molecule has 0 aromatic heterocycles. The molecular weight excluding hydrogens is 467 g/mol. The molecule has 2 atom stereocenters. The molecular formula is C22H28BrN2O4P. The first-order chi connectivity index (χ1) is 14.3. The van der Waals surface area contributed by atoms with Crippen molar-refractivity contribution < 1.29 is 19.4 Å². The highest BCUT2D eigenvalue weighted by Gasteiger charge is 2.56. The summed E-state index contributed by atoms with van der Waals surface area (Å²) in [4.78, 5) is 24.9. The van der Waals surface area contributed by atoms with Gasteiger partial charge in [0.2, 0.25) is 7.37 Å². The van der Waals surface area contributed by atoms with Gasteiger partial charge in [-0.25, -0.2) is 0 Å². The summed E-state index contributed by atoms with van der Waals surface area (Å²) < 4.78 is 13.9. The summed E-state index contributed by atoms with van der Waals surface area (Å²) in [6.45, 7) is 1.39. The Labute approximate surface area is 185 Å². The van der Waals surface area contributed by atoms with E-state index in [4.69, 9.17) is 5.73 Å². The van der Waals surface area contributed by atoms with Crippen LogP contribution in [0, 0.1) is 0 Å². The zero-order chi connectivity index (χ0) is 21.8. The van der Waals surface area contributed by atoms with E-state index >= 15 is 0 Å². The fraction of sp³-hybridized carbons (Fsp3) is 0.409. The van der Waals surface area contributed by atoms with Crippen molar-refractivity contribution in [1.82, 2.24) is 4.90 Å². The lowest BCUT2D eigenvalue weighted by Gasteiger charge is -2.43. The third kappa shape index (κ3) is 4.87. The summed E-state index contributed by atoms with van der Waals surface area (Å²) in [5.41, 5.74) is 8.75. The molecule has 4 N–H and O–H groups in total. The molecule has 1 fully saturated rings. The molecule has 0 radical (unpaired) electrons. The highest BCUT2D eigenvalue weighted by Crippen LogP contribution is 2.59. The van der Waals surface area contributed by atoms with Gasteiger partial charge in [0.1, 0.15) is 0 Å². The molecule has 1 aliphatic rings. The number of carboxylic acids is 1. The molecule has 8 heteroatoms. The van der Waals surface area contributed by atoms with Gasteiger partial charge in [0, 0.05) is 30.3 Å². The molecule has 0 amide bonds. The van der Waals surface area contributed by atoms with Crippen molar-refractivity contribution in [1.29, 1.82) is 0 Å². The van der Waals surface area contributed by atoms with Gasteiger partial charge in [-0.15, -0.1) is 0 Å². The van der Waals surface area contributed by atoms with E-state index < -0.39 is 18.5 Å². The zero-order valence-corrected chi connectivity index (χ0v) is 19.3. The normalized spacial score (nSPS) is 24.6. The average molecular weight is 495 g/mol. The van der Waals surface area contributed by atoms with E-state index in [2.05, 4.69) is 15.9 Å². The molecule has 30 heavy (non-hydrogen) atoms. The third-order valence-corrected chi connectivity index (χ3v) is 9.06. The Morgan fingerprint density at radius 3 is 2.60 bits per heavy atom. The third-order valence-electron chi connectivity index (χ3n) is 5.86. The molecule has 162 valence electrons. The highest BCUT2D eigenvalue weighted by molar-refractivity contribution is 9.10. The Kier molecular flexibility index (Phi) is 7.53. The van der Waals surface area contributed by atoms with Crippen molar-refractivity contribution in [3.8, 4) is 11.1 Å². The van der Waals surface area contributed by atoms with E-state index in [1.54, 1.807) is 0 Å². The lowest BCUT2D eigenvalue weighted by molar-refractivity contribution is -0.141. The van der Waals surface area contributed by atoms with Crippen molar-refractivity contribution in [2.75, 3.05) is 25.8 Å². The molecule has 0 aliphatic carbocycles. The standard InChI is InChI=1S/C22H28BrN2O4P/c23-19-8-9-20(17-6-2-1-3-7-17)18(14-19)15-25-12-13-30(28,29)22(16-25,21(26)27)10-4-5-11-24/h1-3,6-9,14H,4-5,10-13,15-16,24H2,(H,26,27)(H,28,29). The number of benzene rings is 2. The van der Waals surface area contributed by atoms with Crippen LogP contribution < -0.4 is 5.73 Å². The summed E-state index contributed by atoms with van der Waals surface area (Å²) in [6.07, 6.45) is 1.30. The summed E-state index contributed by atoms with van der Waals surface area (Å²) in [5.74, 6) is -1.19. The van der Waals surface area contributed by atoms with Crippen molar-refractivity contribution >= 4 is 29.3 Å². The van der Waals surface area contributed by atoms with Gasteiger partial charge in [0.05, 0.1) is 0 Å². The number of hydrogen-bond donors (Lipinski definition) is 3. The minimum atomic E-state index is -3.84. The summed E-state index contributed by atoms with van der Waals surface area (Å²) in [6, 6.07) is 16.1. The van der Waals surface area contributed by atoms with Crippen LogP contribution in [-0.4, -0.2) is 51.8 Å². The van der Waals surface area contributed by atoms with Crippen LogP contribution >= 0.6 is 23.3 Å². The van der Waals surface area contributed by atoms with Crippen molar-refractivity contribution in [2.24, 2.45) is 5.73 Å². The molecule has 3 rings (SSSR count). The molecule has 1 heterocycles. The van der Waals surface area contributed by atoms with Gasteiger partial charge in [0.25, 0.3) is 0 Å². The second-order valence-corrected chi connectivity index (χ2v) is 11.5. The van der Waals surface area contributed by atoms with Crippen LogP contribution in [-0.2, 0) is 15.9 Å². The van der Waals surface area contributed by atoms with E-state index in [0.717, 1.165) is 21.2 Å². The maximum Gasteiger partial charge on any atom is 0.320 e. The van der Waals surface area contributed by atoms with Gasteiger partial charge in [-0.05, 0) is 48.2 Å². The predicted molar refractivity (Wildman–Crippen MR) is 123 cm³/mol. The van der Waals surface area contributed by atoms with E-state index in [0.29, 0.717) is 32.5 Å². The molecule has 2 aromatic carbocycles. The SMILES string of the molecule is NCCCCC1(C(=O)O)CN(Cc2cc(Br)ccc2-c2ccccc2)CCP1(=O)O. The number of carboxylic acid groups (broad SMARTS) is 1. The topological polar surface area (TPSA) is 104 Å². The number of aliphatic carboxylic acids is 1. The van der Waals surface area contributed by atoms with Crippen LogP contribution in [0.3, 0.4) is 0 Å². The second kappa shape index (κ2) is 9.75. The van der Waals surface area contributed by atoms with Gasteiger partial charge < -0.3 is 15.7 Å². The summed E-state index contributed by atoms with van der Waals surface area (Å²) in [7, 11) is -3.84. The molecule has 6 nitrogen and oxygen atoms in total. The smallest absolute Gasteiger partial charge is 0.320 e. The van der Waals surface area contributed by atoms with Crippen LogP contribution in [0.2, 0.25) is 0 Å². The number of carbonyl (C=O) groups is 1. The van der Waals surface area contributed by atoms with Crippen molar-refractivity contribution in [3.63, 3.8) is 0 Å². The average Bonchev–Trinajstić information content (AvgIpc) is 2.71. The molecule has 1 saturated heterocycles. The quantitative estimate of drug-likeness (QED) is 0.376. The first-order valence-corrected chi connectivity index (χ1v) is 12.7. The van der Waals surface area contributed by atoms with E-state index in [1.165, 1.54) is 0 Å². The van der Waals surface area contributed by atoms with Gasteiger partial charge in [0.15, 0.2) is 5.16 Å². The minimum Gasteiger partial charge on any atom is -0.480 e. The fourth-order valence-corrected chi connectivity index (χ4v) is 6.78. The molecule has 0 spiro atoms. The number of rotatable bonds is 8. The Bertz CT molecular complexity index is 940. The van der Waals surface area contributed by atoms with Crippen LogP contribution in [0.1, 0.15) is 24.8 Å². The number of hydrogen-bond acceptors (Lipinski definition) is 4. The molecule has 2 aromatic rings. The number of unbranched alkanes of at least 4 members (excludes halogenated alkanes) is 1. The Morgan fingerprint density at radius 1 is 1.20 bits per heavy atom. The molecule has 2 unspecified atom stereocenters. The van der Waals surface area contributed by atoms with Crippen molar-refractivity contribution in [2.45, 2.75) is 31.0 Å². The van der Waals surface area contributed by atoms with Gasteiger partial charge in [-0.1, -0.05) is 58.7 Å². The zero-order valence-electron chi connectivity index (χ0n) is 16.8. The van der Waals surface area contributed by atoms with Crippen molar-refractivity contribution in [3.05, 3.63) is 58.6 Å². The van der Waals surface area contributed by atoms with Crippen LogP contribution in [0.25, 0.3) is 11.1 Å². The number of nitrogens with two attached hydrogens (primary N) is 1. The predicted octanol–water partition coefficient (Wildman–Crippen LogP) is 4.15. The van der Waals surface area contributed by atoms with Gasteiger partial charge in [-0.2, -0.15) is 0 Å². The summed E-state index contributed by atoms with van der Waals surface area (Å²) in [5, 5.41) is 8.35. The van der Waals surface area contributed by atoms with Crippen LogP contribution in [0.4, 0.5) is 0 Å². The lowest BCUT2D eigenvalue weighted by Crippen LogP contribution is -2.53. The van der Waals surface area contributed by atoms with Crippen LogP contribution in [0.15, 0.2) is 53.0 Å². The lowest BCUT2D eigenvalue weighted by atomic mass is 9.97. The highest BCUT2D eigenvalue weighted by atomic mass is 79.9. The fourth-order valence-electron chi connectivity index (χ4n) is 4.16. The number of halogens is 1. The van der Waals surface area contributed by atoms with Crippen LogP contribution in [0.5, 0.6) is 0 Å². The van der Waals surface area contributed by atoms with Gasteiger partial charge >= 0.3 is 5.97 Å². The summed E-state index contributed by atoms with van der Waals surface area (Å²) >= 11 is 3.53. The number of nitrogens with zero attached hydrogens (tertiary/aromatic N) is 1. The first-order valence-electron chi connectivity index (χ1n) is 10.1. The van der Waals surface area contributed by atoms with E-state index in [9.17, 15) is 19.4 Å². The molecule has 0 saturated carbocycles. The molecule has 1 aliphatic heterocycles. The monoisotopic (exact) mass is 494 g/mol. The molecule has 0 bridgehead atoms. The maximum atomic E-state index is 13.0. The Hall–Kier alpha value is -1.50. The largest absolute Gasteiger partial charge is 0.480 e. The van der Waals surface area contributed by atoms with Gasteiger partial charge in [-0.3, -0.25) is 14.3 Å². The first kappa shape index (κ1) is 23.2. The second-order valence-electron chi connectivity index (χ2n) is 7.89. The van der Waals surface area contributed by atoms with E-state index in [-0.39, 0.29) is 19.1 Å². The minimum absolute atomic E-state index is 0.0173.